The molecule has 158 valence electrons. The first-order valence-corrected chi connectivity index (χ1v) is 9.85. The van der Waals surface area contributed by atoms with Crippen LogP contribution in [0.2, 0.25) is 0 Å². The van der Waals surface area contributed by atoms with Crippen molar-refractivity contribution in [3.8, 4) is 16.5 Å². The van der Waals surface area contributed by atoms with E-state index in [0.29, 0.717) is 38.5 Å². The summed E-state index contributed by atoms with van der Waals surface area (Å²) in [6, 6.07) is 2.83. The van der Waals surface area contributed by atoms with Gasteiger partial charge in [-0.05, 0) is 52.0 Å². The molecule has 0 bridgehead atoms. The van der Waals surface area contributed by atoms with Crippen LogP contribution in [0, 0.1) is 19.7 Å². The van der Waals surface area contributed by atoms with Crippen molar-refractivity contribution in [3.05, 3.63) is 46.2 Å². The van der Waals surface area contributed by atoms with E-state index in [9.17, 15) is 14.3 Å². The summed E-state index contributed by atoms with van der Waals surface area (Å²) in [6.45, 7) is 6.62. The zero-order valence-electron chi connectivity index (χ0n) is 16.9. The van der Waals surface area contributed by atoms with E-state index in [-0.39, 0.29) is 6.61 Å². The van der Waals surface area contributed by atoms with Crippen LogP contribution in [0.15, 0.2) is 22.9 Å². The van der Waals surface area contributed by atoms with Crippen molar-refractivity contribution in [1.82, 2.24) is 20.4 Å². The fourth-order valence-electron chi connectivity index (χ4n) is 2.42. The molecule has 0 radical (unpaired) electrons. The highest BCUT2D eigenvalue weighted by molar-refractivity contribution is 7.14. The van der Waals surface area contributed by atoms with Gasteiger partial charge in [-0.15, -0.1) is 0 Å². The molecule has 0 saturated carbocycles. The number of pyridine rings is 1. The molecule has 0 aliphatic carbocycles. The average Bonchev–Trinajstić information content (AvgIpc) is 3.22. The van der Waals surface area contributed by atoms with E-state index in [1.54, 1.807) is 39.8 Å². The summed E-state index contributed by atoms with van der Waals surface area (Å²) in [4.78, 5) is 20.4. The van der Waals surface area contributed by atoms with E-state index in [1.807, 2.05) is 0 Å². The summed E-state index contributed by atoms with van der Waals surface area (Å²) in [5, 5.41) is 16.8. The third-order valence-corrected chi connectivity index (χ3v) is 5.06. The van der Waals surface area contributed by atoms with Crippen LogP contribution in [-0.2, 0) is 0 Å². The zero-order chi connectivity index (χ0) is 21.9. The number of thiazole rings is 1. The Kier molecular flexibility index (Phi) is 6.28. The predicted octanol–water partition coefficient (Wildman–Crippen LogP) is 3.98. The lowest BCUT2D eigenvalue weighted by Crippen LogP contribution is -2.47. The molecule has 0 aliphatic rings. The van der Waals surface area contributed by atoms with Gasteiger partial charge in [0.05, 0.1) is 29.7 Å². The van der Waals surface area contributed by atoms with Gasteiger partial charge < -0.3 is 19.7 Å². The Labute approximate surface area is 176 Å². The molecular formula is C20H21FN4O4S. The van der Waals surface area contributed by atoms with Crippen molar-refractivity contribution in [3.63, 3.8) is 0 Å². The fraction of sp³-hybridized carbons (Fsp3) is 0.300. The standard InChI is InChI=1S/C20H21FN4O4S/c1-11-18(28-19(27)24-20(3,4)10-26)30-16(23-11)8-6-14-12(2)29-25-17(14)15-7-5-13(21)9-22-15/h5-9,26H,10H2,1-4H3,(H,24,27)/b8-6+. The Hall–Kier alpha value is -3.11. The van der Waals surface area contributed by atoms with Gasteiger partial charge in [-0.1, -0.05) is 16.5 Å². The van der Waals surface area contributed by atoms with Gasteiger partial charge in [0.15, 0.2) is 0 Å². The number of ether oxygens (including phenoxy) is 1. The molecule has 0 spiro atoms. The molecule has 0 saturated heterocycles. The summed E-state index contributed by atoms with van der Waals surface area (Å²) < 4.78 is 23.7. The molecule has 0 fully saturated rings. The smallest absolute Gasteiger partial charge is 0.397 e. The first-order chi connectivity index (χ1) is 14.2. The Balaban J connectivity index is 1.78. The number of carbonyl (C=O) groups is 1. The summed E-state index contributed by atoms with van der Waals surface area (Å²) in [7, 11) is 0. The molecule has 30 heavy (non-hydrogen) atoms. The highest BCUT2D eigenvalue weighted by atomic mass is 32.1. The van der Waals surface area contributed by atoms with Gasteiger partial charge in [0.1, 0.15) is 22.3 Å². The number of carbonyl (C=O) groups excluding carboxylic acids is 1. The minimum absolute atomic E-state index is 0.221. The lowest BCUT2D eigenvalue weighted by Gasteiger charge is -2.22. The quantitative estimate of drug-likeness (QED) is 0.606. The first kappa shape index (κ1) is 21.6. The Morgan fingerprint density at radius 3 is 2.80 bits per heavy atom. The Morgan fingerprint density at radius 2 is 2.13 bits per heavy atom. The van der Waals surface area contributed by atoms with Gasteiger partial charge in [0.2, 0.25) is 5.06 Å². The molecule has 0 aliphatic heterocycles. The number of rotatable bonds is 6. The number of halogens is 1. The van der Waals surface area contributed by atoms with Crippen molar-refractivity contribution in [1.29, 1.82) is 0 Å². The maximum Gasteiger partial charge on any atom is 0.413 e. The molecule has 2 N–H and O–H groups in total. The molecule has 3 aromatic heterocycles. The fourth-order valence-corrected chi connectivity index (χ4v) is 3.24. The second-order valence-corrected chi connectivity index (χ2v) is 8.17. The van der Waals surface area contributed by atoms with Crippen LogP contribution in [0.1, 0.15) is 35.9 Å². The van der Waals surface area contributed by atoms with E-state index in [4.69, 9.17) is 9.26 Å². The SMILES string of the molecule is Cc1nc(/C=C/c2c(-c3ccc(F)cn3)noc2C)sc1OC(=O)NC(C)(C)CO. The zero-order valence-corrected chi connectivity index (χ0v) is 17.7. The van der Waals surface area contributed by atoms with Crippen LogP contribution in [0.3, 0.4) is 0 Å². The lowest BCUT2D eigenvalue weighted by molar-refractivity contribution is 0.159. The molecule has 3 heterocycles. The normalized spacial score (nSPS) is 11.8. The van der Waals surface area contributed by atoms with Crippen LogP contribution >= 0.6 is 11.3 Å². The van der Waals surface area contributed by atoms with Crippen molar-refractivity contribution < 1.29 is 23.6 Å². The van der Waals surface area contributed by atoms with E-state index < -0.39 is 17.4 Å². The van der Waals surface area contributed by atoms with Crippen LogP contribution < -0.4 is 10.1 Å². The minimum atomic E-state index is -0.797. The molecule has 8 nitrogen and oxygen atoms in total. The highest BCUT2D eigenvalue weighted by Gasteiger charge is 2.22. The number of nitrogens with zero attached hydrogens (tertiary/aromatic N) is 3. The monoisotopic (exact) mass is 432 g/mol. The predicted molar refractivity (Wildman–Crippen MR) is 111 cm³/mol. The lowest BCUT2D eigenvalue weighted by atomic mass is 10.1. The van der Waals surface area contributed by atoms with Crippen LogP contribution in [-0.4, -0.2) is 38.5 Å². The number of hydrogen-bond acceptors (Lipinski definition) is 8. The van der Waals surface area contributed by atoms with Crippen LogP contribution in [0.25, 0.3) is 23.5 Å². The number of hydrogen-bond donors (Lipinski definition) is 2. The molecule has 3 aromatic rings. The molecule has 10 heteroatoms. The van der Waals surface area contributed by atoms with E-state index >= 15 is 0 Å². The van der Waals surface area contributed by atoms with Crippen LogP contribution in [0.4, 0.5) is 9.18 Å². The number of aliphatic hydroxyl groups excluding tert-OH is 1. The topological polar surface area (TPSA) is 110 Å². The largest absolute Gasteiger partial charge is 0.413 e. The van der Waals surface area contributed by atoms with Gasteiger partial charge in [-0.25, -0.2) is 14.2 Å². The first-order valence-electron chi connectivity index (χ1n) is 9.03. The van der Waals surface area contributed by atoms with Gasteiger partial charge in [0.25, 0.3) is 0 Å². The summed E-state index contributed by atoms with van der Waals surface area (Å²) in [6.07, 6.45) is 3.95. The van der Waals surface area contributed by atoms with E-state index in [0.717, 1.165) is 6.20 Å². The van der Waals surface area contributed by atoms with E-state index in [2.05, 4.69) is 20.4 Å². The second kappa shape index (κ2) is 8.72. The van der Waals surface area contributed by atoms with Crippen molar-refractivity contribution in [2.24, 2.45) is 0 Å². The van der Waals surface area contributed by atoms with Crippen LogP contribution in [0.5, 0.6) is 5.06 Å². The Morgan fingerprint density at radius 1 is 1.37 bits per heavy atom. The van der Waals surface area contributed by atoms with Gasteiger partial charge in [0, 0.05) is 5.56 Å². The van der Waals surface area contributed by atoms with Crippen molar-refractivity contribution in [2.75, 3.05) is 6.61 Å². The molecule has 0 aromatic carbocycles. The minimum Gasteiger partial charge on any atom is -0.397 e. The van der Waals surface area contributed by atoms with Crippen molar-refractivity contribution >= 4 is 29.6 Å². The van der Waals surface area contributed by atoms with Gasteiger partial charge in [-0.3, -0.25) is 4.98 Å². The number of amides is 1. The molecule has 1 amide bonds. The summed E-state index contributed by atoms with van der Waals surface area (Å²) in [5.74, 6) is 0.135. The molecule has 0 atom stereocenters. The summed E-state index contributed by atoms with van der Waals surface area (Å²) >= 11 is 1.19. The van der Waals surface area contributed by atoms with E-state index in [1.165, 1.54) is 23.5 Å². The molecular weight excluding hydrogens is 411 g/mol. The molecule has 3 rings (SSSR count). The summed E-state index contributed by atoms with van der Waals surface area (Å²) in [5.41, 5.74) is 1.41. The maximum absolute atomic E-state index is 13.1. The maximum atomic E-state index is 13.1. The number of aliphatic hydroxyl groups is 1. The van der Waals surface area contributed by atoms with Gasteiger partial charge >= 0.3 is 6.09 Å². The Bertz CT molecular complexity index is 1070. The number of nitrogens with one attached hydrogen (secondary N) is 1. The third-order valence-electron chi connectivity index (χ3n) is 4.06. The average molecular weight is 432 g/mol. The van der Waals surface area contributed by atoms with Crippen molar-refractivity contribution in [2.45, 2.75) is 33.2 Å². The number of aromatic nitrogens is 3. The second-order valence-electron chi connectivity index (χ2n) is 7.18. The highest BCUT2D eigenvalue weighted by Crippen LogP contribution is 2.30. The van der Waals surface area contributed by atoms with Gasteiger partial charge in [-0.2, -0.15) is 0 Å². The number of aryl methyl sites for hydroxylation is 2. The molecule has 0 unspecified atom stereocenters. The third kappa shape index (κ3) is 5.08.